The van der Waals surface area contributed by atoms with Gasteiger partial charge in [0.25, 0.3) is 0 Å². The maximum atomic E-state index is 6.43. The average molecular weight is 633 g/mol. The summed E-state index contributed by atoms with van der Waals surface area (Å²) in [6, 6.07) is 21.4. The predicted octanol–water partition coefficient (Wildman–Crippen LogP) is 6.50. The second-order valence-electron chi connectivity index (χ2n) is 9.71. The van der Waals surface area contributed by atoms with Gasteiger partial charge in [0.05, 0.1) is 23.5 Å². The highest BCUT2D eigenvalue weighted by molar-refractivity contribution is 9.09. The van der Waals surface area contributed by atoms with Crippen LogP contribution in [0.4, 0.5) is 5.69 Å². The Morgan fingerprint density at radius 3 is 2.54 bits per heavy atom. The van der Waals surface area contributed by atoms with Crippen molar-refractivity contribution in [3.63, 3.8) is 0 Å². The molecule has 3 heterocycles. The molecule has 0 spiro atoms. The van der Waals surface area contributed by atoms with Gasteiger partial charge in [0.15, 0.2) is 5.58 Å². The minimum Gasteiger partial charge on any atom is -0.491 e. The van der Waals surface area contributed by atoms with Crippen molar-refractivity contribution in [2.75, 3.05) is 49.6 Å². The molecule has 2 aliphatic heterocycles. The zero-order valence-electron chi connectivity index (χ0n) is 21.2. The van der Waals surface area contributed by atoms with Gasteiger partial charge in [0.1, 0.15) is 24.0 Å². The summed E-state index contributed by atoms with van der Waals surface area (Å²) in [5, 5.41) is 1.51. The molecule has 2 unspecified atom stereocenters. The molecule has 0 radical (unpaired) electrons. The van der Waals surface area contributed by atoms with Crippen LogP contribution in [0.25, 0.3) is 11.1 Å². The van der Waals surface area contributed by atoms with E-state index < -0.39 is 5.79 Å². The van der Waals surface area contributed by atoms with E-state index in [1.54, 1.807) is 12.1 Å². The first-order valence-electron chi connectivity index (χ1n) is 12.9. The number of nitrogens with zero attached hydrogens (tertiary/aromatic N) is 3. The van der Waals surface area contributed by atoms with Crippen molar-refractivity contribution >= 4 is 55.9 Å². The Morgan fingerprint density at radius 1 is 1.00 bits per heavy atom. The minimum absolute atomic E-state index is 0.233. The maximum Gasteiger partial charge on any atom is 0.209 e. The van der Waals surface area contributed by atoms with Gasteiger partial charge in [-0.15, -0.1) is 0 Å². The molecule has 6 rings (SSSR count). The summed E-state index contributed by atoms with van der Waals surface area (Å²) in [5.41, 5.74) is 3.67. The molecule has 0 aliphatic carbocycles. The Hall–Kier alpha value is -2.33. The van der Waals surface area contributed by atoms with Crippen LogP contribution in [0.2, 0.25) is 10.0 Å². The molecule has 1 aromatic heterocycles. The highest BCUT2D eigenvalue weighted by Gasteiger charge is 2.44. The SMILES string of the molecule is Clc1ccc(C2(CBr)OCC(COc3ccc(N4CCN(Cc5nc6ccccc6o5)CC4)cc3)O2)c(Cl)c1. The van der Waals surface area contributed by atoms with Gasteiger partial charge in [-0.2, -0.15) is 0 Å². The molecule has 2 aliphatic rings. The number of aromatic nitrogens is 1. The standard InChI is InChI=1S/C29H28BrCl2N3O4/c30-19-29(24-10-5-20(31)15-25(24)32)37-18-23(39-29)17-36-22-8-6-21(7-9-22)35-13-11-34(12-14-35)16-28-33-26-3-1-2-4-27(26)38-28/h1-10,15,23H,11-14,16-19H2. The van der Waals surface area contributed by atoms with E-state index in [-0.39, 0.29) is 6.10 Å². The van der Waals surface area contributed by atoms with Crippen molar-refractivity contribution in [1.29, 1.82) is 0 Å². The maximum absolute atomic E-state index is 6.43. The van der Waals surface area contributed by atoms with Crippen LogP contribution in [0.5, 0.6) is 5.75 Å². The predicted molar refractivity (Wildman–Crippen MR) is 156 cm³/mol. The lowest BCUT2D eigenvalue weighted by Gasteiger charge is -2.35. The highest BCUT2D eigenvalue weighted by atomic mass is 79.9. The molecule has 204 valence electrons. The number of ether oxygens (including phenoxy) is 3. The Morgan fingerprint density at radius 2 is 1.79 bits per heavy atom. The minimum atomic E-state index is -0.970. The summed E-state index contributed by atoms with van der Waals surface area (Å²) < 4.78 is 24.3. The third-order valence-corrected chi connectivity index (χ3v) is 8.37. The van der Waals surface area contributed by atoms with Gasteiger partial charge in [-0.3, -0.25) is 4.90 Å². The van der Waals surface area contributed by atoms with Crippen molar-refractivity contribution < 1.29 is 18.6 Å². The second kappa shape index (κ2) is 11.6. The largest absolute Gasteiger partial charge is 0.491 e. The number of fused-ring (bicyclic) bond motifs is 1. The zero-order valence-corrected chi connectivity index (χ0v) is 24.3. The quantitative estimate of drug-likeness (QED) is 0.206. The van der Waals surface area contributed by atoms with E-state index in [1.807, 2.05) is 42.5 Å². The van der Waals surface area contributed by atoms with Crippen molar-refractivity contribution in [3.8, 4) is 5.75 Å². The smallest absolute Gasteiger partial charge is 0.209 e. The molecule has 7 nitrogen and oxygen atoms in total. The van der Waals surface area contributed by atoms with E-state index >= 15 is 0 Å². The lowest BCUT2D eigenvalue weighted by molar-refractivity contribution is -0.159. The van der Waals surface area contributed by atoms with E-state index in [9.17, 15) is 0 Å². The number of oxazole rings is 1. The van der Waals surface area contributed by atoms with Gasteiger partial charge in [-0.1, -0.05) is 57.3 Å². The molecule has 0 N–H and O–H groups in total. The normalized spacial score (nSPS) is 22.0. The number of halogens is 3. The first-order chi connectivity index (χ1) is 19.0. The molecule has 4 aromatic rings. The van der Waals surface area contributed by atoms with Crippen molar-refractivity contribution in [3.05, 3.63) is 88.2 Å². The van der Waals surface area contributed by atoms with E-state index in [0.29, 0.717) is 28.6 Å². The Balaban J connectivity index is 0.991. The number of rotatable bonds is 8. The Labute approximate surface area is 245 Å². The van der Waals surface area contributed by atoms with Gasteiger partial charge in [-0.25, -0.2) is 4.98 Å². The number of anilines is 1. The molecular formula is C29H28BrCl2N3O4. The number of piperazine rings is 1. The van der Waals surface area contributed by atoms with Gasteiger partial charge < -0.3 is 23.5 Å². The fourth-order valence-corrected chi connectivity index (χ4v) is 6.16. The lowest BCUT2D eigenvalue weighted by atomic mass is 10.1. The van der Waals surface area contributed by atoms with E-state index in [1.165, 1.54) is 5.69 Å². The van der Waals surface area contributed by atoms with E-state index in [4.69, 9.17) is 41.8 Å². The fraction of sp³-hybridized carbons (Fsp3) is 0.345. The van der Waals surface area contributed by atoms with Gasteiger partial charge in [0.2, 0.25) is 11.7 Å². The molecule has 0 amide bonds. The van der Waals surface area contributed by atoms with E-state index in [0.717, 1.165) is 61.0 Å². The van der Waals surface area contributed by atoms with Gasteiger partial charge in [-0.05, 0) is 48.5 Å². The van der Waals surface area contributed by atoms with Crippen LogP contribution in [-0.2, 0) is 21.8 Å². The topological polar surface area (TPSA) is 60.2 Å². The number of benzene rings is 3. The van der Waals surface area contributed by atoms with Gasteiger partial charge in [0, 0.05) is 42.5 Å². The summed E-state index contributed by atoms with van der Waals surface area (Å²) in [7, 11) is 0. The number of alkyl halides is 1. The lowest BCUT2D eigenvalue weighted by Crippen LogP contribution is -2.46. The van der Waals surface area contributed by atoms with Crippen LogP contribution in [0.3, 0.4) is 0 Å². The average Bonchev–Trinajstić information content (AvgIpc) is 3.57. The van der Waals surface area contributed by atoms with Crippen molar-refractivity contribution in [1.82, 2.24) is 9.88 Å². The monoisotopic (exact) mass is 631 g/mol. The molecule has 0 saturated carbocycles. The zero-order chi connectivity index (χ0) is 26.8. The fourth-order valence-electron chi connectivity index (χ4n) is 5.01. The van der Waals surface area contributed by atoms with Crippen LogP contribution in [0.15, 0.2) is 71.1 Å². The molecule has 10 heteroatoms. The molecule has 0 bridgehead atoms. The highest BCUT2D eigenvalue weighted by Crippen LogP contribution is 2.40. The molecule has 3 aromatic carbocycles. The number of hydrogen-bond donors (Lipinski definition) is 0. The number of hydrogen-bond acceptors (Lipinski definition) is 7. The molecule has 2 atom stereocenters. The molecule has 2 saturated heterocycles. The van der Waals surface area contributed by atoms with Crippen molar-refractivity contribution in [2.24, 2.45) is 0 Å². The van der Waals surface area contributed by atoms with Crippen LogP contribution in [-0.4, -0.2) is 60.7 Å². The van der Waals surface area contributed by atoms with Crippen LogP contribution in [0.1, 0.15) is 11.5 Å². The van der Waals surface area contributed by atoms with Crippen LogP contribution >= 0.6 is 39.1 Å². The van der Waals surface area contributed by atoms with Gasteiger partial charge >= 0.3 is 0 Å². The third kappa shape index (κ3) is 5.92. The second-order valence-corrected chi connectivity index (χ2v) is 11.1. The third-order valence-electron chi connectivity index (χ3n) is 7.08. The Kier molecular flexibility index (Phi) is 8.03. The number of para-hydroxylation sites is 2. The van der Waals surface area contributed by atoms with Crippen LogP contribution < -0.4 is 9.64 Å². The summed E-state index contributed by atoms with van der Waals surface area (Å²) in [6.45, 7) is 5.27. The first kappa shape index (κ1) is 26.9. The summed E-state index contributed by atoms with van der Waals surface area (Å²) in [5.74, 6) is 0.590. The molecular weight excluding hydrogens is 605 g/mol. The van der Waals surface area contributed by atoms with Crippen molar-refractivity contribution in [2.45, 2.75) is 18.4 Å². The first-order valence-corrected chi connectivity index (χ1v) is 14.8. The summed E-state index contributed by atoms with van der Waals surface area (Å²) in [6.07, 6.45) is -0.233. The Bertz CT molecular complexity index is 1390. The van der Waals surface area contributed by atoms with Crippen LogP contribution in [0, 0.1) is 0 Å². The van der Waals surface area contributed by atoms with E-state index in [2.05, 4.69) is 42.8 Å². The molecule has 2 fully saturated rings. The summed E-state index contributed by atoms with van der Waals surface area (Å²) in [4.78, 5) is 9.38. The molecule has 39 heavy (non-hydrogen) atoms. The summed E-state index contributed by atoms with van der Waals surface area (Å²) >= 11 is 16.0.